The van der Waals surface area contributed by atoms with Gasteiger partial charge in [0.15, 0.2) is 5.78 Å². The van der Waals surface area contributed by atoms with E-state index in [1.165, 1.54) is 13.2 Å². The monoisotopic (exact) mass is 478 g/mol. The molecule has 0 aliphatic carbocycles. The minimum absolute atomic E-state index is 0.0520. The zero-order valence-corrected chi connectivity index (χ0v) is 19.7. The number of hydrogen-bond acceptors (Lipinski definition) is 9. The van der Waals surface area contributed by atoms with Crippen LogP contribution in [0.3, 0.4) is 0 Å². The van der Waals surface area contributed by atoms with E-state index >= 15 is 0 Å². The number of rotatable bonds is 10. The van der Waals surface area contributed by atoms with Gasteiger partial charge in [0, 0.05) is 12.5 Å². The predicted molar refractivity (Wildman–Crippen MR) is 124 cm³/mol. The molecule has 1 saturated heterocycles. The van der Waals surface area contributed by atoms with Gasteiger partial charge in [-0.3, -0.25) is 4.79 Å². The summed E-state index contributed by atoms with van der Waals surface area (Å²) in [5, 5.41) is 51.9. The van der Waals surface area contributed by atoms with E-state index in [2.05, 4.69) is 6.92 Å². The molecule has 2 aromatic rings. The van der Waals surface area contributed by atoms with Gasteiger partial charge in [0.05, 0.1) is 24.7 Å². The maximum atomic E-state index is 13.0. The van der Waals surface area contributed by atoms with Crippen molar-refractivity contribution in [3.63, 3.8) is 0 Å². The second-order valence-corrected chi connectivity index (χ2v) is 8.69. The molecule has 188 valence electrons. The van der Waals surface area contributed by atoms with E-state index in [1.54, 1.807) is 19.1 Å². The third-order valence-corrected chi connectivity index (χ3v) is 6.21. The number of Topliss-reactive ketones (excluding diaryl/α,β-unsaturated/α-hetero) is 1. The van der Waals surface area contributed by atoms with Gasteiger partial charge in [-0.2, -0.15) is 0 Å². The molecule has 5 N–H and O–H groups in total. The topological polar surface area (TPSA) is 146 Å². The smallest absolute Gasteiger partial charge is 0.229 e. The summed E-state index contributed by atoms with van der Waals surface area (Å²) < 4.78 is 16.6. The molecule has 1 aliphatic rings. The number of ether oxygens (including phenoxy) is 3. The second-order valence-electron chi connectivity index (χ2n) is 8.69. The van der Waals surface area contributed by atoms with Crippen molar-refractivity contribution in [3.05, 3.63) is 29.3 Å². The summed E-state index contributed by atoms with van der Waals surface area (Å²) in [6.07, 6.45) is -3.36. The Morgan fingerprint density at radius 3 is 2.44 bits per heavy atom. The summed E-state index contributed by atoms with van der Waals surface area (Å²) in [7, 11) is 1.46. The number of methoxy groups -OCH3 is 1. The number of hydrogen-bond donors (Lipinski definition) is 5. The number of aromatic hydroxyl groups is 1. The van der Waals surface area contributed by atoms with Gasteiger partial charge >= 0.3 is 0 Å². The number of carbonyl (C=O) groups excluding carboxylic acids is 1. The fraction of sp³-hybridized carbons (Fsp3) is 0.560. The zero-order chi connectivity index (χ0) is 25.0. The Morgan fingerprint density at radius 2 is 1.79 bits per heavy atom. The summed E-state index contributed by atoms with van der Waals surface area (Å²) in [5.41, 5.74) is 0.811. The average Bonchev–Trinajstić information content (AvgIpc) is 2.81. The average molecular weight is 479 g/mol. The van der Waals surface area contributed by atoms with Crippen LogP contribution in [0.15, 0.2) is 18.2 Å². The molecule has 0 bridgehead atoms. The first-order valence-corrected chi connectivity index (χ1v) is 11.6. The molecule has 3 rings (SSSR count). The molecule has 9 nitrogen and oxygen atoms in total. The Balaban J connectivity index is 2.02. The Hall–Kier alpha value is -2.43. The minimum Gasteiger partial charge on any atom is -0.506 e. The molecule has 1 aliphatic heterocycles. The summed E-state index contributed by atoms with van der Waals surface area (Å²) in [5.74, 6) is 0.0149. The van der Waals surface area contributed by atoms with E-state index in [9.17, 15) is 30.3 Å². The van der Waals surface area contributed by atoms with Crippen LogP contribution in [0.25, 0.3) is 10.8 Å². The third kappa shape index (κ3) is 5.29. The first kappa shape index (κ1) is 26.2. The molecular weight excluding hydrogens is 444 g/mol. The summed E-state index contributed by atoms with van der Waals surface area (Å²) >= 11 is 0. The van der Waals surface area contributed by atoms with Gasteiger partial charge in [0.2, 0.25) is 6.29 Å². The van der Waals surface area contributed by atoms with Crippen molar-refractivity contribution < 1.29 is 44.5 Å². The van der Waals surface area contributed by atoms with E-state index < -0.39 is 37.3 Å². The summed E-state index contributed by atoms with van der Waals surface area (Å²) in [6, 6.07) is 4.89. The lowest BCUT2D eigenvalue weighted by molar-refractivity contribution is -0.277. The van der Waals surface area contributed by atoms with Crippen LogP contribution in [0.1, 0.15) is 54.9 Å². The second kappa shape index (κ2) is 11.3. The van der Waals surface area contributed by atoms with E-state index in [0.717, 1.165) is 25.7 Å². The Labute approximate surface area is 198 Å². The molecular formula is C25H34O9. The molecule has 34 heavy (non-hydrogen) atoms. The highest BCUT2D eigenvalue weighted by molar-refractivity contribution is 6.08. The Morgan fingerprint density at radius 1 is 1.06 bits per heavy atom. The SMILES string of the molecule is CCCCCCC(=O)c1c(C)cc2cc(OC)cc(O[C@@H]3O[C@H](CO)[C@@H](O)[C@H](O)[C@H]3O)c2c1O. The number of aryl methyl sites for hydroxylation is 1. The Bertz CT molecular complexity index is 1000. The number of aliphatic hydroxyl groups is 4. The van der Waals surface area contributed by atoms with E-state index in [1.807, 2.05) is 0 Å². The summed E-state index contributed by atoms with van der Waals surface area (Å²) in [6.45, 7) is 3.23. The molecule has 0 radical (unpaired) electrons. The summed E-state index contributed by atoms with van der Waals surface area (Å²) in [4.78, 5) is 13.0. The maximum absolute atomic E-state index is 13.0. The zero-order valence-electron chi connectivity index (χ0n) is 19.7. The number of aliphatic hydroxyl groups excluding tert-OH is 4. The number of carbonyl (C=O) groups is 1. The molecule has 0 spiro atoms. The molecule has 0 amide bonds. The largest absolute Gasteiger partial charge is 0.506 e. The van der Waals surface area contributed by atoms with Gasteiger partial charge in [0.25, 0.3) is 0 Å². The lowest BCUT2D eigenvalue weighted by atomic mass is 9.94. The number of unbranched alkanes of at least 4 members (excludes halogenated alkanes) is 3. The van der Waals surface area contributed by atoms with Gasteiger partial charge in [0.1, 0.15) is 41.7 Å². The van der Waals surface area contributed by atoms with Crippen molar-refractivity contribution in [1.29, 1.82) is 0 Å². The number of benzene rings is 2. The van der Waals surface area contributed by atoms with E-state index in [0.29, 0.717) is 23.1 Å². The van der Waals surface area contributed by atoms with Gasteiger partial charge in [-0.1, -0.05) is 32.3 Å². The van der Waals surface area contributed by atoms with Crippen LogP contribution in [0.4, 0.5) is 0 Å². The van der Waals surface area contributed by atoms with Crippen molar-refractivity contribution in [1.82, 2.24) is 0 Å². The van der Waals surface area contributed by atoms with Crippen LogP contribution >= 0.6 is 0 Å². The normalized spacial score (nSPS) is 24.9. The highest BCUT2D eigenvalue weighted by Gasteiger charge is 2.45. The molecule has 2 aromatic carbocycles. The van der Waals surface area contributed by atoms with E-state index in [4.69, 9.17) is 14.2 Å². The third-order valence-electron chi connectivity index (χ3n) is 6.21. The standard InChI is InChI=1S/C25H34O9/c1-4-5-6-7-8-16(27)19-13(2)9-14-10-15(32-3)11-17(20(14)22(19)29)33-25-24(31)23(30)21(28)18(12-26)34-25/h9-11,18,21,23-26,28-31H,4-8,12H2,1-3H3/t18-,21-,23+,24-,25-/m1/s1. The molecule has 5 atom stereocenters. The van der Waals surface area contributed by atoms with E-state index in [-0.39, 0.29) is 28.2 Å². The molecule has 9 heteroatoms. The fourth-order valence-electron chi connectivity index (χ4n) is 4.29. The molecule has 0 aromatic heterocycles. The molecule has 0 saturated carbocycles. The first-order valence-electron chi connectivity index (χ1n) is 11.6. The molecule has 1 heterocycles. The fourth-order valence-corrected chi connectivity index (χ4v) is 4.29. The van der Waals surface area contributed by atoms with Crippen LogP contribution < -0.4 is 9.47 Å². The van der Waals surface area contributed by atoms with Crippen molar-refractivity contribution in [2.24, 2.45) is 0 Å². The Kier molecular flexibility index (Phi) is 8.72. The highest BCUT2D eigenvalue weighted by Crippen LogP contribution is 2.42. The number of ketones is 1. The van der Waals surface area contributed by atoms with Gasteiger partial charge in [-0.15, -0.1) is 0 Å². The van der Waals surface area contributed by atoms with Crippen LogP contribution in [-0.4, -0.2) is 75.7 Å². The van der Waals surface area contributed by atoms with Crippen LogP contribution in [0.2, 0.25) is 0 Å². The first-order chi connectivity index (χ1) is 16.2. The highest BCUT2D eigenvalue weighted by atomic mass is 16.7. The number of fused-ring (bicyclic) bond motifs is 1. The lowest BCUT2D eigenvalue weighted by Gasteiger charge is -2.39. The number of phenols is 1. The van der Waals surface area contributed by atoms with Crippen LogP contribution in [0.5, 0.6) is 17.2 Å². The van der Waals surface area contributed by atoms with Crippen molar-refractivity contribution in [2.45, 2.75) is 76.7 Å². The van der Waals surface area contributed by atoms with Gasteiger partial charge in [-0.25, -0.2) is 0 Å². The van der Waals surface area contributed by atoms with Gasteiger partial charge < -0.3 is 39.7 Å². The molecule has 1 fully saturated rings. The van der Waals surface area contributed by atoms with Crippen LogP contribution in [0, 0.1) is 6.92 Å². The minimum atomic E-state index is -1.63. The van der Waals surface area contributed by atoms with Crippen molar-refractivity contribution >= 4 is 16.6 Å². The van der Waals surface area contributed by atoms with Crippen LogP contribution in [-0.2, 0) is 4.74 Å². The van der Waals surface area contributed by atoms with Crippen molar-refractivity contribution in [3.8, 4) is 17.2 Å². The lowest BCUT2D eigenvalue weighted by Crippen LogP contribution is -2.60. The molecule has 0 unspecified atom stereocenters. The maximum Gasteiger partial charge on any atom is 0.229 e. The quantitative estimate of drug-likeness (QED) is 0.256. The predicted octanol–water partition coefficient (Wildman–Crippen LogP) is 2.19. The van der Waals surface area contributed by atoms with Gasteiger partial charge in [-0.05, 0) is 30.4 Å². The number of phenolic OH excluding ortho intramolecular Hbond substituents is 1. The van der Waals surface area contributed by atoms with Crippen molar-refractivity contribution in [2.75, 3.05) is 13.7 Å².